The van der Waals surface area contributed by atoms with Crippen molar-refractivity contribution < 1.29 is 14.3 Å². The highest BCUT2D eigenvalue weighted by Crippen LogP contribution is 2.30. The molecule has 2 unspecified atom stereocenters. The SMILES string of the molecule is COC(CN)CC(=O)NC(C)c1ccc(NC(=O)C2CC2)cc1.Cl. The largest absolute Gasteiger partial charge is 0.380 e. The molecule has 1 aromatic carbocycles. The first-order valence-corrected chi connectivity index (χ1v) is 7.96. The Morgan fingerprint density at radius 3 is 2.42 bits per heavy atom. The Hall–Kier alpha value is -1.63. The van der Waals surface area contributed by atoms with Gasteiger partial charge < -0.3 is 21.1 Å². The number of nitrogens with two attached hydrogens (primary N) is 1. The Kier molecular flexibility index (Phi) is 8.18. The van der Waals surface area contributed by atoms with Crippen molar-refractivity contribution in [2.24, 2.45) is 11.7 Å². The quantitative estimate of drug-likeness (QED) is 0.664. The second-order valence-electron chi connectivity index (χ2n) is 5.97. The third kappa shape index (κ3) is 6.11. The zero-order valence-electron chi connectivity index (χ0n) is 14.1. The van der Waals surface area contributed by atoms with E-state index in [2.05, 4.69) is 10.6 Å². The monoisotopic (exact) mass is 355 g/mol. The average Bonchev–Trinajstić information content (AvgIpc) is 3.38. The standard InChI is InChI=1S/C17H25N3O3.ClH/c1-11(19-16(21)9-15(10-18)23-2)12-5-7-14(8-6-12)20-17(22)13-3-4-13;/h5-8,11,13,15H,3-4,9-10,18H2,1-2H3,(H,19,21)(H,20,22);1H. The van der Waals surface area contributed by atoms with E-state index in [0.717, 1.165) is 24.1 Å². The minimum absolute atomic E-state index is 0. The Morgan fingerprint density at radius 2 is 1.92 bits per heavy atom. The number of carbonyl (C=O) groups is 2. The maximum atomic E-state index is 11.9. The lowest BCUT2D eigenvalue weighted by Gasteiger charge is -2.17. The minimum atomic E-state index is -0.262. The molecular weight excluding hydrogens is 330 g/mol. The number of ether oxygens (including phenoxy) is 1. The van der Waals surface area contributed by atoms with Crippen molar-refractivity contribution in [3.05, 3.63) is 29.8 Å². The summed E-state index contributed by atoms with van der Waals surface area (Å²) in [4.78, 5) is 23.7. The molecule has 4 N–H and O–H groups in total. The molecule has 6 nitrogen and oxygen atoms in total. The van der Waals surface area contributed by atoms with E-state index >= 15 is 0 Å². The number of rotatable bonds is 8. The summed E-state index contributed by atoms with van der Waals surface area (Å²) in [6.07, 6.45) is 1.95. The van der Waals surface area contributed by atoms with Crippen LogP contribution in [0.1, 0.15) is 37.8 Å². The Bertz CT molecular complexity index is 543. The van der Waals surface area contributed by atoms with Crippen LogP contribution in [0.4, 0.5) is 5.69 Å². The van der Waals surface area contributed by atoms with E-state index in [1.54, 1.807) is 7.11 Å². The normalized spacial score (nSPS) is 15.8. The van der Waals surface area contributed by atoms with Gasteiger partial charge in [0.05, 0.1) is 18.6 Å². The van der Waals surface area contributed by atoms with Gasteiger partial charge in [0.1, 0.15) is 0 Å². The third-order valence-electron chi connectivity index (χ3n) is 4.01. The van der Waals surface area contributed by atoms with Gasteiger partial charge in [-0.05, 0) is 37.5 Å². The molecule has 0 aromatic heterocycles. The molecule has 2 atom stereocenters. The van der Waals surface area contributed by atoms with Gasteiger partial charge in [0.2, 0.25) is 11.8 Å². The van der Waals surface area contributed by atoms with Crippen molar-refractivity contribution in [3.63, 3.8) is 0 Å². The summed E-state index contributed by atoms with van der Waals surface area (Å²) in [6.45, 7) is 2.23. The van der Waals surface area contributed by atoms with Crippen LogP contribution in [0.15, 0.2) is 24.3 Å². The van der Waals surface area contributed by atoms with Crippen LogP contribution in [-0.2, 0) is 14.3 Å². The first-order chi connectivity index (χ1) is 11.0. The van der Waals surface area contributed by atoms with Crippen LogP contribution in [0.2, 0.25) is 0 Å². The molecule has 2 rings (SSSR count). The van der Waals surface area contributed by atoms with Crippen LogP contribution >= 0.6 is 12.4 Å². The van der Waals surface area contributed by atoms with Gasteiger partial charge in [0.15, 0.2) is 0 Å². The molecule has 0 radical (unpaired) electrons. The molecule has 24 heavy (non-hydrogen) atoms. The molecule has 0 spiro atoms. The highest BCUT2D eigenvalue weighted by Gasteiger charge is 2.29. The van der Waals surface area contributed by atoms with E-state index in [1.165, 1.54) is 0 Å². The fourth-order valence-corrected chi connectivity index (χ4v) is 2.30. The summed E-state index contributed by atoms with van der Waals surface area (Å²) in [5.74, 6) is 0.177. The van der Waals surface area contributed by atoms with Crippen LogP contribution in [0.5, 0.6) is 0 Å². The molecule has 1 aromatic rings. The van der Waals surface area contributed by atoms with Crippen molar-refractivity contribution in [1.82, 2.24) is 5.32 Å². The topological polar surface area (TPSA) is 93.4 Å². The lowest BCUT2D eigenvalue weighted by atomic mass is 10.1. The maximum Gasteiger partial charge on any atom is 0.227 e. The van der Waals surface area contributed by atoms with Gasteiger partial charge in [-0.15, -0.1) is 12.4 Å². The molecule has 1 aliphatic rings. The second-order valence-corrected chi connectivity index (χ2v) is 5.97. The summed E-state index contributed by atoms with van der Waals surface area (Å²) >= 11 is 0. The molecular formula is C17H26ClN3O3. The predicted molar refractivity (Wildman–Crippen MR) is 96.1 cm³/mol. The van der Waals surface area contributed by atoms with E-state index in [9.17, 15) is 9.59 Å². The number of halogens is 1. The Balaban J connectivity index is 0.00000288. The van der Waals surface area contributed by atoms with E-state index in [-0.39, 0.29) is 48.7 Å². The van der Waals surface area contributed by atoms with E-state index < -0.39 is 0 Å². The van der Waals surface area contributed by atoms with Crippen LogP contribution < -0.4 is 16.4 Å². The second kappa shape index (κ2) is 9.61. The van der Waals surface area contributed by atoms with Crippen LogP contribution in [0.3, 0.4) is 0 Å². The van der Waals surface area contributed by atoms with E-state index in [4.69, 9.17) is 10.5 Å². The number of amides is 2. The number of hydrogen-bond donors (Lipinski definition) is 3. The van der Waals surface area contributed by atoms with Crippen molar-refractivity contribution in [2.45, 2.75) is 38.3 Å². The van der Waals surface area contributed by atoms with Gasteiger partial charge in [-0.3, -0.25) is 9.59 Å². The molecule has 0 saturated heterocycles. The molecule has 0 bridgehead atoms. The highest BCUT2D eigenvalue weighted by molar-refractivity contribution is 5.94. The molecule has 7 heteroatoms. The fraction of sp³-hybridized carbons (Fsp3) is 0.529. The van der Waals surface area contributed by atoms with Gasteiger partial charge in [-0.1, -0.05) is 12.1 Å². The van der Waals surface area contributed by atoms with Crippen LogP contribution in [-0.4, -0.2) is 31.6 Å². The minimum Gasteiger partial charge on any atom is -0.380 e. The first kappa shape index (κ1) is 20.4. The van der Waals surface area contributed by atoms with E-state index in [0.29, 0.717) is 6.54 Å². The zero-order valence-corrected chi connectivity index (χ0v) is 14.9. The van der Waals surface area contributed by atoms with Gasteiger partial charge >= 0.3 is 0 Å². The third-order valence-corrected chi connectivity index (χ3v) is 4.01. The number of benzene rings is 1. The smallest absolute Gasteiger partial charge is 0.227 e. The number of carbonyl (C=O) groups excluding carboxylic acids is 2. The van der Waals surface area contributed by atoms with E-state index in [1.807, 2.05) is 31.2 Å². The molecule has 1 aliphatic carbocycles. The lowest BCUT2D eigenvalue weighted by molar-refractivity contribution is -0.124. The number of methoxy groups -OCH3 is 1. The van der Waals surface area contributed by atoms with Crippen molar-refractivity contribution in [3.8, 4) is 0 Å². The molecule has 1 fully saturated rings. The van der Waals surface area contributed by atoms with Crippen molar-refractivity contribution in [1.29, 1.82) is 0 Å². The number of hydrogen-bond acceptors (Lipinski definition) is 4. The lowest BCUT2D eigenvalue weighted by Crippen LogP contribution is -2.33. The summed E-state index contributed by atoms with van der Waals surface area (Å²) in [5, 5.41) is 5.82. The first-order valence-electron chi connectivity index (χ1n) is 7.96. The molecule has 134 valence electrons. The van der Waals surface area contributed by atoms with Gasteiger partial charge in [0.25, 0.3) is 0 Å². The fourth-order valence-electron chi connectivity index (χ4n) is 2.30. The predicted octanol–water partition coefficient (Wildman–Crippen LogP) is 2.00. The summed E-state index contributed by atoms with van der Waals surface area (Å²) < 4.78 is 5.11. The van der Waals surface area contributed by atoms with Gasteiger partial charge in [0, 0.05) is 25.3 Å². The zero-order chi connectivity index (χ0) is 16.8. The molecule has 1 saturated carbocycles. The summed E-state index contributed by atoms with van der Waals surface area (Å²) in [5.41, 5.74) is 7.28. The highest BCUT2D eigenvalue weighted by atomic mass is 35.5. The van der Waals surface area contributed by atoms with Crippen molar-refractivity contribution >= 4 is 29.9 Å². The maximum absolute atomic E-state index is 11.9. The summed E-state index contributed by atoms with van der Waals surface area (Å²) in [7, 11) is 1.54. The molecule has 2 amide bonds. The Morgan fingerprint density at radius 1 is 1.29 bits per heavy atom. The number of nitrogens with one attached hydrogen (secondary N) is 2. The summed E-state index contributed by atoms with van der Waals surface area (Å²) in [6, 6.07) is 7.41. The van der Waals surface area contributed by atoms with Crippen molar-refractivity contribution in [2.75, 3.05) is 19.0 Å². The number of anilines is 1. The average molecular weight is 356 g/mol. The Labute approximate surface area is 148 Å². The molecule has 0 aliphatic heterocycles. The van der Waals surface area contributed by atoms with Crippen LogP contribution in [0, 0.1) is 5.92 Å². The molecule has 0 heterocycles. The van der Waals surface area contributed by atoms with Gasteiger partial charge in [-0.25, -0.2) is 0 Å². The van der Waals surface area contributed by atoms with Crippen LogP contribution in [0.25, 0.3) is 0 Å². The van der Waals surface area contributed by atoms with Gasteiger partial charge in [-0.2, -0.15) is 0 Å².